The van der Waals surface area contributed by atoms with E-state index in [1.54, 1.807) is 23.8 Å². The van der Waals surface area contributed by atoms with Crippen molar-refractivity contribution in [2.24, 2.45) is 0 Å². The molecule has 2 aromatic carbocycles. The van der Waals surface area contributed by atoms with Crippen LogP contribution in [0.3, 0.4) is 0 Å². The van der Waals surface area contributed by atoms with Gasteiger partial charge in [-0.15, -0.1) is 0 Å². The van der Waals surface area contributed by atoms with E-state index >= 15 is 0 Å². The summed E-state index contributed by atoms with van der Waals surface area (Å²) in [5.74, 6) is 3.31. The molecule has 0 unspecified atom stereocenters. The second-order valence-electron chi connectivity index (χ2n) is 5.15. The van der Waals surface area contributed by atoms with Gasteiger partial charge in [0.1, 0.15) is 0 Å². The fraction of sp³-hybridized carbons (Fsp3) is 0. The number of benzene rings is 2. The second-order valence-corrected chi connectivity index (χ2v) is 15.7. The number of hydrogen-bond donors (Lipinski definition) is 0. The van der Waals surface area contributed by atoms with Crippen molar-refractivity contribution >= 4 is 50.5 Å². The van der Waals surface area contributed by atoms with Crippen molar-refractivity contribution < 1.29 is 0 Å². The zero-order valence-corrected chi connectivity index (χ0v) is 16.1. The first-order chi connectivity index (χ1) is 11.4. The van der Waals surface area contributed by atoms with Crippen LogP contribution in [-0.2, 0) is 0 Å². The molecule has 0 atom stereocenters. The Bertz CT molecular complexity index is 688. The molecule has 0 nitrogen and oxygen atoms in total. The van der Waals surface area contributed by atoms with Gasteiger partial charge >= 0.3 is 158 Å². The van der Waals surface area contributed by atoms with E-state index in [9.17, 15) is 0 Å². The van der Waals surface area contributed by atoms with Crippen LogP contribution in [0, 0.1) is 0 Å². The zero-order chi connectivity index (χ0) is 17.3. The Kier molecular flexibility index (Phi) is 6.90. The maximum absolute atomic E-state index is 6.38. The Balaban J connectivity index is 1.98. The van der Waals surface area contributed by atoms with Gasteiger partial charge in [-0.2, -0.15) is 0 Å². The summed E-state index contributed by atoms with van der Waals surface area (Å²) in [7, 11) is 0. The van der Waals surface area contributed by atoms with Gasteiger partial charge in [0.25, 0.3) is 0 Å². The zero-order valence-electron chi connectivity index (χ0n) is 13.0. The van der Waals surface area contributed by atoms with E-state index in [1.165, 1.54) is 0 Å². The summed E-state index contributed by atoms with van der Waals surface area (Å²) in [6, 6.07) is 19.9. The summed E-state index contributed by atoms with van der Waals surface area (Å²) in [5.41, 5.74) is 2.20. The normalized spacial score (nSPS) is 14.7. The molecule has 2 aromatic rings. The Hall–Kier alpha value is -1.30. The van der Waals surface area contributed by atoms with E-state index in [1.807, 2.05) is 85.0 Å². The number of rotatable bonds is 6. The third kappa shape index (κ3) is 7.51. The average Bonchev–Trinajstić information content (AvgIpc) is 2.57. The molecule has 0 bridgehead atoms. The molecule has 4 heteroatoms. The third-order valence-corrected chi connectivity index (χ3v) is 6.47. The standard InChI is InChI=1S/C20H18Cl3P/c21-24(22,23,17-9-7-15-19-11-3-1-4-12-19)18-10-8-16-20-13-5-2-6-14-20/h1-18H/b15-7+,16-8+,17-9+,18-10+. The van der Waals surface area contributed by atoms with E-state index in [4.69, 9.17) is 33.7 Å². The van der Waals surface area contributed by atoms with Crippen LogP contribution < -0.4 is 0 Å². The quantitative estimate of drug-likeness (QED) is 0.340. The number of allylic oxidation sites excluding steroid dienone is 4. The predicted octanol–water partition coefficient (Wildman–Crippen LogP) is 8.46. The van der Waals surface area contributed by atoms with Gasteiger partial charge in [0.15, 0.2) is 0 Å². The van der Waals surface area contributed by atoms with Gasteiger partial charge < -0.3 is 0 Å². The van der Waals surface area contributed by atoms with Gasteiger partial charge in [-0.3, -0.25) is 0 Å². The van der Waals surface area contributed by atoms with Crippen molar-refractivity contribution in [3.63, 3.8) is 0 Å². The molecular weight excluding hydrogens is 378 g/mol. The first-order valence-corrected chi connectivity index (χ1v) is 12.5. The van der Waals surface area contributed by atoms with E-state index in [2.05, 4.69) is 0 Å². The van der Waals surface area contributed by atoms with Gasteiger partial charge in [-0.05, 0) is 0 Å². The van der Waals surface area contributed by atoms with Gasteiger partial charge in [-0.25, -0.2) is 0 Å². The Morgan fingerprint density at radius 2 is 0.917 bits per heavy atom. The summed E-state index contributed by atoms with van der Waals surface area (Å²) in [4.78, 5) is 0. The summed E-state index contributed by atoms with van der Waals surface area (Å²) < 4.78 is -3.50. The van der Waals surface area contributed by atoms with Gasteiger partial charge in [0.2, 0.25) is 0 Å². The maximum atomic E-state index is 6.38. The first-order valence-electron chi connectivity index (χ1n) is 7.42. The molecule has 0 aliphatic heterocycles. The van der Waals surface area contributed by atoms with Crippen LogP contribution in [0.25, 0.3) is 12.2 Å². The summed E-state index contributed by atoms with van der Waals surface area (Å²) in [5, 5.41) is 0. The molecule has 2 rings (SSSR count). The molecule has 0 aliphatic rings. The topological polar surface area (TPSA) is 0 Å². The minimum absolute atomic E-state index is 1.10. The SMILES string of the molecule is ClP(Cl)(Cl)(/C=C/C=C/c1ccccc1)/C=C/C=C/c1ccccc1. The van der Waals surface area contributed by atoms with E-state index in [0.717, 1.165) is 11.1 Å². The molecule has 0 N–H and O–H groups in total. The molecule has 0 spiro atoms. The molecule has 0 amide bonds. The Morgan fingerprint density at radius 3 is 1.29 bits per heavy atom. The molecule has 0 radical (unpaired) electrons. The summed E-state index contributed by atoms with van der Waals surface area (Å²) in [6.45, 7) is 0. The van der Waals surface area contributed by atoms with Crippen LogP contribution in [0.4, 0.5) is 0 Å². The Morgan fingerprint density at radius 1 is 0.542 bits per heavy atom. The van der Waals surface area contributed by atoms with Crippen LogP contribution in [0.15, 0.2) is 96.6 Å². The average molecular weight is 396 g/mol. The van der Waals surface area contributed by atoms with Gasteiger partial charge in [-0.1, -0.05) is 0 Å². The fourth-order valence-corrected chi connectivity index (χ4v) is 3.96. The number of hydrogen-bond acceptors (Lipinski definition) is 0. The molecule has 0 fully saturated rings. The van der Waals surface area contributed by atoms with E-state index < -0.39 is 4.66 Å². The molecule has 124 valence electrons. The molecule has 0 aliphatic carbocycles. The Labute approximate surface area is 158 Å². The predicted molar refractivity (Wildman–Crippen MR) is 114 cm³/mol. The molecular formula is C20H18Cl3P. The van der Waals surface area contributed by atoms with E-state index in [0.29, 0.717) is 0 Å². The van der Waals surface area contributed by atoms with Crippen LogP contribution in [0.5, 0.6) is 0 Å². The minimum atomic E-state index is -3.50. The second kappa shape index (κ2) is 8.70. The monoisotopic (exact) mass is 394 g/mol. The van der Waals surface area contributed by atoms with Crippen LogP contribution >= 0.6 is 38.4 Å². The molecule has 0 heterocycles. The van der Waals surface area contributed by atoms with Crippen LogP contribution in [-0.4, -0.2) is 0 Å². The molecule has 24 heavy (non-hydrogen) atoms. The number of halogens is 3. The summed E-state index contributed by atoms with van der Waals surface area (Å²) >= 11 is 19.1. The molecule has 0 saturated heterocycles. The van der Waals surface area contributed by atoms with Crippen LogP contribution in [0.1, 0.15) is 11.1 Å². The van der Waals surface area contributed by atoms with Crippen LogP contribution in [0.2, 0.25) is 0 Å². The van der Waals surface area contributed by atoms with Crippen molar-refractivity contribution in [1.82, 2.24) is 0 Å². The van der Waals surface area contributed by atoms with Crippen molar-refractivity contribution in [2.45, 2.75) is 0 Å². The van der Waals surface area contributed by atoms with Gasteiger partial charge in [0, 0.05) is 0 Å². The third-order valence-electron chi connectivity index (χ3n) is 3.08. The summed E-state index contributed by atoms with van der Waals surface area (Å²) in [6.07, 6.45) is 11.2. The van der Waals surface area contributed by atoms with Crippen molar-refractivity contribution in [3.05, 3.63) is 108 Å². The van der Waals surface area contributed by atoms with E-state index in [-0.39, 0.29) is 0 Å². The fourth-order valence-electron chi connectivity index (χ4n) is 1.91. The molecule has 0 aromatic heterocycles. The molecule has 0 saturated carbocycles. The first kappa shape index (κ1) is 19.0. The van der Waals surface area contributed by atoms with Crippen molar-refractivity contribution in [1.29, 1.82) is 0 Å². The van der Waals surface area contributed by atoms with Crippen molar-refractivity contribution in [3.8, 4) is 0 Å². The van der Waals surface area contributed by atoms with Crippen molar-refractivity contribution in [2.75, 3.05) is 0 Å². The van der Waals surface area contributed by atoms with Gasteiger partial charge in [0.05, 0.1) is 0 Å².